The summed E-state index contributed by atoms with van der Waals surface area (Å²) in [6.45, 7) is -2.40. The van der Waals surface area contributed by atoms with Gasteiger partial charge in [0, 0.05) is 34.9 Å². The van der Waals surface area contributed by atoms with E-state index in [1.54, 1.807) is 24.3 Å². The fourth-order valence-corrected chi connectivity index (χ4v) is 2.22. The molecule has 0 aliphatic carbocycles. The van der Waals surface area contributed by atoms with Crippen LogP contribution in [0.3, 0.4) is 0 Å². The second kappa shape index (κ2) is 5.83. The third kappa shape index (κ3) is 3.13. The van der Waals surface area contributed by atoms with E-state index in [1.165, 1.54) is 0 Å². The van der Waals surface area contributed by atoms with Gasteiger partial charge in [0.2, 0.25) is 0 Å². The standard InChI is InChI=1S/C16H14F2N2O/c17-16(18)21-15-4-2-1-3-12(15)10-20-13-5-6-14-11(9-13)7-8-19-14/h1-9,16,19-20H,10H2. The molecule has 108 valence electrons. The molecule has 2 N–H and O–H groups in total. The molecular formula is C16H14F2N2O. The first-order chi connectivity index (χ1) is 10.2. The molecule has 0 saturated heterocycles. The van der Waals surface area contributed by atoms with Crippen molar-refractivity contribution in [3.8, 4) is 5.75 Å². The first-order valence-corrected chi connectivity index (χ1v) is 6.56. The highest BCUT2D eigenvalue weighted by atomic mass is 19.3. The van der Waals surface area contributed by atoms with Gasteiger partial charge < -0.3 is 15.0 Å². The van der Waals surface area contributed by atoms with E-state index in [4.69, 9.17) is 0 Å². The van der Waals surface area contributed by atoms with Crippen molar-refractivity contribution in [1.82, 2.24) is 4.98 Å². The van der Waals surface area contributed by atoms with Gasteiger partial charge in [0.05, 0.1) is 0 Å². The number of alkyl halides is 2. The molecule has 2 aromatic carbocycles. The molecule has 3 nitrogen and oxygen atoms in total. The zero-order valence-electron chi connectivity index (χ0n) is 11.1. The molecule has 0 bridgehead atoms. The normalized spacial score (nSPS) is 11.0. The summed E-state index contributed by atoms with van der Waals surface area (Å²) in [4.78, 5) is 3.12. The van der Waals surface area contributed by atoms with Crippen LogP contribution in [0.15, 0.2) is 54.7 Å². The monoisotopic (exact) mass is 288 g/mol. The fraction of sp³-hybridized carbons (Fsp3) is 0.125. The van der Waals surface area contributed by atoms with E-state index < -0.39 is 6.61 Å². The Balaban J connectivity index is 1.74. The van der Waals surface area contributed by atoms with Crippen molar-refractivity contribution in [3.63, 3.8) is 0 Å². The number of hydrogen-bond acceptors (Lipinski definition) is 2. The number of anilines is 1. The minimum atomic E-state index is -2.82. The molecule has 0 spiro atoms. The average Bonchev–Trinajstić information content (AvgIpc) is 2.93. The van der Waals surface area contributed by atoms with Crippen molar-refractivity contribution >= 4 is 16.6 Å². The lowest BCUT2D eigenvalue weighted by Gasteiger charge is -2.12. The number of ether oxygens (including phenoxy) is 1. The molecule has 21 heavy (non-hydrogen) atoms. The second-order valence-electron chi connectivity index (χ2n) is 4.62. The summed E-state index contributed by atoms with van der Waals surface area (Å²) in [6.07, 6.45) is 1.88. The topological polar surface area (TPSA) is 37.0 Å². The Kier molecular flexibility index (Phi) is 3.73. The van der Waals surface area contributed by atoms with E-state index in [9.17, 15) is 8.78 Å². The molecule has 0 unspecified atom stereocenters. The third-order valence-corrected chi connectivity index (χ3v) is 3.22. The van der Waals surface area contributed by atoms with E-state index >= 15 is 0 Å². The van der Waals surface area contributed by atoms with Crippen LogP contribution in [0.4, 0.5) is 14.5 Å². The van der Waals surface area contributed by atoms with Crippen molar-refractivity contribution in [2.45, 2.75) is 13.2 Å². The lowest BCUT2D eigenvalue weighted by molar-refractivity contribution is -0.0504. The van der Waals surface area contributed by atoms with Crippen LogP contribution >= 0.6 is 0 Å². The van der Waals surface area contributed by atoms with Gasteiger partial charge >= 0.3 is 6.61 Å². The van der Waals surface area contributed by atoms with Crippen LogP contribution in [0.25, 0.3) is 10.9 Å². The minimum Gasteiger partial charge on any atom is -0.434 e. The van der Waals surface area contributed by atoms with Crippen molar-refractivity contribution < 1.29 is 13.5 Å². The number of fused-ring (bicyclic) bond motifs is 1. The van der Waals surface area contributed by atoms with Crippen LogP contribution < -0.4 is 10.1 Å². The van der Waals surface area contributed by atoms with Crippen LogP contribution in [0.1, 0.15) is 5.56 Å². The molecule has 0 aliphatic rings. The Morgan fingerprint density at radius 1 is 1.10 bits per heavy atom. The third-order valence-electron chi connectivity index (χ3n) is 3.22. The number of hydrogen-bond donors (Lipinski definition) is 2. The molecule has 0 radical (unpaired) electrons. The van der Waals surface area contributed by atoms with E-state index in [1.807, 2.05) is 30.5 Å². The van der Waals surface area contributed by atoms with E-state index in [0.717, 1.165) is 16.6 Å². The number of para-hydroxylation sites is 1. The Hall–Kier alpha value is -2.56. The summed E-state index contributed by atoms with van der Waals surface area (Å²) in [6, 6.07) is 14.7. The zero-order chi connectivity index (χ0) is 14.7. The molecule has 0 amide bonds. The van der Waals surface area contributed by atoms with Gasteiger partial charge in [-0.2, -0.15) is 8.78 Å². The Bertz CT molecular complexity index is 740. The predicted molar refractivity (Wildman–Crippen MR) is 78.7 cm³/mol. The van der Waals surface area contributed by atoms with Crippen LogP contribution in [0.5, 0.6) is 5.75 Å². The van der Waals surface area contributed by atoms with Crippen molar-refractivity contribution in [1.29, 1.82) is 0 Å². The SMILES string of the molecule is FC(F)Oc1ccccc1CNc1ccc2[nH]ccc2c1. The highest BCUT2D eigenvalue weighted by Crippen LogP contribution is 2.23. The fourth-order valence-electron chi connectivity index (χ4n) is 2.22. The maximum absolute atomic E-state index is 12.4. The van der Waals surface area contributed by atoms with E-state index in [-0.39, 0.29) is 5.75 Å². The molecule has 5 heteroatoms. The summed E-state index contributed by atoms with van der Waals surface area (Å²) in [5, 5.41) is 4.31. The minimum absolute atomic E-state index is 0.197. The highest BCUT2D eigenvalue weighted by molar-refractivity contribution is 5.82. The number of H-pyrrole nitrogens is 1. The predicted octanol–water partition coefficient (Wildman–Crippen LogP) is 4.38. The van der Waals surface area contributed by atoms with Gasteiger partial charge in [0.1, 0.15) is 5.75 Å². The molecule has 1 aromatic heterocycles. The molecule has 0 fully saturated rings. The first-order valence-electron chi connectivity index (χ1n) is 6.56. The maximum Gasteiger partial charge on any atom is 0.387 e. The van der Waals surface area contributed by atoms with Gasteiger partial charge in [0.25, 0.3) is 0 Å². The summed E-state index contributed by atoms with van der Waals surface area (Å²) in [7, 11) is 0. The number of halogens is 2. The lowest BCUT2D eigenvalue weighted by atomic mass is 10.2. The van der Waals surface area contributed by atoms with Gasteiger partial charge in [-0.3, -0.25) is 0 Å². The van der Waals surface area contributed by atoms with Crippen molar-refractivity contribution in [2.75, 3.05) is 5.32 Å². The molecule has 3 rings (SSSR count). The van der Waals surface area contributed by atoms with Crippen LogP contribution in [-0.2, 0) is 6.54 Å². The van der Waals surface area contributed by atoms with Gasteiger partial charge in [-0.05, 0) is 30.3 Å². The van der Waals surface area contributed by atoms with Crippen LogP contribution in [-0.4, -0.2) is 11.6 Å². The molecule has 1 heterocycles. The summed E-state index contributed by atoms with van der Waals surface area (Å²) in [5.41, 5.74) is 2.67. The number of aromatic nitrogens is 1. The van der Waals surface area contributed by atoms with Crippen molar-refractivity contribution in [3.05, 3.63) is 60.3 Å². The molecule has 0 atom stereocenters. The molecule has 0 saturated carbocycles. The molecule has 3 aromatic rings. The van der Waals surface area contributed by atoms with Crippen LogP contribution in [0, 0.1) is 0 Å². The highest BCUT2D eigenvalue weighted by Gasteiger charge is 2.08. The zero-order valence-corrected chi connectivity index (χ0v) is 11.1. The van der Waals surface area contributed by atoms with Gasteiger partial charge in [-0.1, -0.05) is 18.2 Å². The van der Waals surface area contributed by atoms with Gasteiger partial charge in [0.15, 0.2) is 0 Å². The van der Waals surface area contributed by atoms with Gasteiger partial charge in [-0.15, -0.1) is 0 Å². The van der Waals surface area contributed by atoms with Crippen LogP contribution in [0.2, 0.25) is 0 Å². The molecule has 0 aliphatic heterocycles. The largest absolute Gasteiger partial charge is 0.434 e. The quantitative estimate of drug-likeness (QED) is 0.731. The van der Waals surface area contributed by atoms with Crippen molar-refractivity contribution in [2.24, 2.45) is 0 Å². The number of benzene rings is 2. The molecular weight excluding hydrogens is 274 g/mol. The Labute approximate surface area is 120 Å². The first kappa shape index (κ1) is 13.4. The number of nitrogens with one attached hydrogen (secondary N) is 2. The maximum atomic E-state index is 12.4. The Morgan fingerprint density at radius 2 is 1.95 bits per heavy atom. The smallest absolute Gasteiger partial charge is 0.387 e. The number of rotatable bonds is 5. The lowest BCUT2D eigenvalue weighted by Crippen LogP contribution is -2.07. The van der Waals surface area contributed by atoms with E-state index in [0.29, 0.717) is 12.1 Å². The number of aromatic amines is 1. The second-order valence-corrected chi connectivity index (χ2v) is 4.62. The summed E-state index contributed by atoms with van der Waals surface area (Å²) in [5.74, 6) is 0.197. The Morgan fingerprint density at radius 3 is 2.81 bits per heavy atom. The summed E-state index contributed by atoms with van der Waals surface area (Å²) >= 11 is 0. The average molecular weight is 288 g/mol. The van der Waals surface area contributed by atoms with Gasteiger partial charge in [-0.25, -0.2) is 0 Å². The summed E-state index contributed by atoms with van der Waals surface area (Å²) < 4.78 is 29.2. The van der Waals surface area contributed by atoms with E-state index in [2.05, 4.69) is 15.0 Å².